The van der Waals surface area contributed by atoms with E-state index in [-0.39, 0.29) is 57.8 Å². The molecule has 0 aromatic heterocycles. The van der Waals surface area contributed by atoms with Gasteiger partial charge in [-0.25, -0.2) is 8.42 Å². The molecule has 2 atom stereocenters. The summed E-state index contributed by atoms with van der Waals surface area (Å²) in [6.45, 7) is 0.101. The predicted molar refractivity (Wildman–Crippen MR) is 135 cm³/mol. The molecule has 1 heterocycles. The first-order valence-corrected chi connectivity index (χ1v) is 14.8. The summed E-state index contributed by atoms with van der Waals surface area (Å²) in [5, 5.41) is 7.58. The van der Waals surface area contributed by atoms with Crippen LogP contribution in [0.4, 0.5) is 0 Å². The maximum absolute atomic E-state index is 12.1. The average molecular weight is 587 g/mol. The number of carbonyl (C=O) groups excluding carboxylic acids is 3. The molecule has 12 heteroatoms. The molecule has 0 spiro atoms. The number of esters is 3. The van der Waals surface area contributed by atoms with Gasteiger partial charge < -0.3 is 23.9 Å². The van der Waals surface area contributed by atoms with E-state index in [1.165, 1.54) is 32.1 Å². The molecule has 0 bridgehead atoms. The number of carbonyl (C=O) groups is 3. The van der Waals surface area contributed by atoms with Gasteiger partial charge in [0.1, 0.15) is 29.9 Å². The van der Waals surface area contributed by atoms with Crippen LogP contribution in [0.5, 0.6) is 0 Å². The van der Waals surface area contributed by atoms with E-state index in [0.717, 1.165) is 38.5 Å². The smallest absolute Gasteiger partial charge is 0.747 e. The number of cyclic esters (lactones) is 2. The maximum atomic E-state index is 12.1. The Morgan fingerprint density at radius 1 is 1.00 bits per heavy atom. The van der Waals surface area contributed by atoms with Gasteiger partial charge in [-0.05, 0) is 32.1 Å². The van der Waals surface area contributed by atoms with Crippen molar-refractivity contribution in [2.75, 3.05) is 26.4 Å². The number of hydrogen-bond acceptors (Lipinski definition) is 10. The van der Waals surface area contributed by atoms with Crippen molar-refractivity contribution >= 4 is 28.0 Å². The Morgan fingerprint density at radius 2 is 1.55 bits per heavy atom. The first-order chi connectivity index (χ1) is 17.6. The van der Waals surface area contributed by atoms with Crippen molar-refractivity contribution in [3.8, 4) is 0 Å². The normalized spacial score (nSPS) is 20.6. The van der Waals surface area contributed by atoms with E-state index < -0.39 is 71.5 Å². The molecule has 0 aromatic rings. The van der Waals surface area contributed by atoms with E-state index in [9.17, 15) is 32.5 Å². The van der Waals surface area contributed by atoms with Crippen LogP contribution in [0.1, 0.15) is 96.8 Å². The van der Waals surface area contributed by atoms with Crippen LogP contribution in [-0.4, -0.2) is 67.7 Å². The molecule has 0 aromatic carbocycles. The van der Waals surface area contributed by atoms with Crippen LogP contribution in [0.2, 0.25) is 0 Å². The molecule has 1 saturated heterocycles. The molecule has 0 amide bonds. The van der Waals surface area contributed by atoms with E-state index in [0.29, 0.717) is 6.42 Å². The Bertz CT molecular complexity index is 830. The second kappa shape index (κ2) is 21.4. The molecule has 1 rings (SSSR count). The number of allylic oxidation sites excluding steroid dienone is 2. The van der Waals surface area contributed by atoms with Crippen molar-refractivity contribution in [1.82, 2.24) is 0 Å². The summed E-state index contributed by atoms with van der Waals surface area (Å²) in [4.78, 5) is 36.0. The Balaban J connectivity index is 0.0000137. The summed E-state index contributed by atoms with van der Waals surface area (Å²) in [5.41, 5.74) is -1.45. The third kappa shape index (κ3) is 16.7. The number of aliphatic hydroxyl groups is 1. The van der Waals surface area contributed by atoms with Crippen molar-refractivity contribution in [2.24, 2.45) is 5.41 Å². The van der Waals surface area contributed by atoms with Crippen LogP contribution in [0.15, 0.2) is 12.2 Å². The molecule has 1 aliphatic heterocycles. The summed E-state index contributed by atoms with van der Waals surface area (Å²) >= 11 is 0. The topological polar surface area (TPSA) is 156 Å². The van der Waals surface area contributed by atoms with E-state index >= 15 is 0 Å². The predicted octanol–water partition coefficient (Wildman–Crippen LogP) is 0.564. The molecular formula is C26H43KO10S. The Labute approximate surface area is 269 Å². The van der Waals surface area contributed by atoms with Gasteiger partial charge in [0.2, 0.25) is 0 Å². The maximum Gasteiger partial charge on any atom is 1.00 e. The minimum atomic E-state index is -5.14. The molecule has 0 radical (unpaired) electrons. The molecule has 1 fully saturated rings. The van der Waals surface area contributed by atoms with Crippen molar-refractivity contribution in [3.05, 3.63) is 12.2 Å². The van der Waals surface area contributed by atoms with Gasteiger partial charge in [0.25, 0.3) is 0 Å². The van der Waals surface area contributed by atoms with Crippen molar-refractivity contribution in [3.63, 3.8) is 0 Å². The Morgan fingerprint density at radius 3 is 2.13 bits per heavy atom. The number of hydrogen-bond donors (Lipinski definition) is 1. The first-order valence-electron chi connectivity index (χ1n) is 13.3. The molecule has 10 nitrogen and oxygen atoms in total. The molecule has 1 aliphatic rings. The summed E-state index contributed by atoms with van der Waals surface area (Å²) < 4.78 is 48.8. The van der Waals surface area contributed by atoms with Gasteiger partial charge >= 0.3 is 69.3 Å². The monoisotopic (exact) mass is 586 g/mol. The number of unbranched alkanes of at least 4 members (excludes halogenated alkanes) is 10. The zero-order valence-electron chi connectivity index (χ0n) is 23.0. The summed E-state index contributed by atoms with van der Waals surface area (Å²) in [6, 6.07) is 0. The zero-order chi connectivity index (χ0) is 27.6. The minimum Gasteiger partial charge on any atom is -0.747 e. The van der Waals surface area contributed by atoms with Gasteiger partial charge in [-0.1, -0.05) is 64.0 Å². The third-order valence-electron chi connectivity index (χ3n) is 6.29. The average Bonchev–Trinajstić information content (AvgIpc) is 2.92. The van der Waals surface area contributed by atoms with Gasteiger partial charge in [-0.15, -0.1) is 0 Å². The molecular weight excluding hydrogens is 543 g/mol. The largest absolute Gasteiger partial charge is 1.00 e. The fraction of sp³-hybridized carbons (Fsp3) is 0.808. The number of aliphatic hydroxyl groups excluding tert-OH is 1. The number of rotatable bonds is 18. The van der Waals surface area contributed by atoms with Crippen molar-refractivity contribution < 1.29 is 98.1 Å². The Hall–Kier alpha value is -0.344. The van der Waals surface area contributed by atoms with E-state index in [1.807, 2.05) is 0 Å². The molecule has 214 valence electrons. The first kappa shape index (κ1) is 37.7. The van der Waals surface area contributed by atoms with E-state index in [1.54, 1.807) is 0 Å². The van der Waals surface area contributed by atoms with Gasteiger partial charge in [-0.2, -0.15) is 0 Å². The van der Waals surface area contributed by atoms with Gasteiger partial charge in [-0.3, -0.25) is 14.4 Å². The summed E-state index contributed by atoms with van der Waals surface area (Å²) in [7, 11) is -5.14. The second-order valence-corrected chi connectivity index (χ2v) is 11.3. The van der Waals surface area contributed by atoms with Crippen molar-refractivity contribution in [2.45, 2.75) is 102 Å². The van der Waals surface area contributed by atoms with Gasteiger partial charge in [0.15, 0.2) is 5.25 Å². The van der Waals surface area contributed by atoms with Crippen LogP contribution < -0.4 is 51.4 Å². The van der Waals surface area contributed by atoms with Gasteiger partial charge in [0.05, 0.1) is 18.4 Å². The summed E-state index contributed by atoms with van der Waals surface area (Å²) in [6.07, 6.45) is 17.1. The zero-order valence-corrected chi connectivity index (χ0v) is 26.9. The SMILES string of the molecule is CCCCCCC/C=C\CCCCCCCC(=O)OCC1(CO)COC(=O)CC(S(=O)(=O)[O-])C(=O)OC1.[K+]. The standard InChI is InChI=1S/C26H44O10S.K/c1-2-3-4-5-6-7-8-9-10-11-12-13-14-15-16-23(28)34-19-26(18-27)20-35-24(29)17-22(37(31,32)33)25(30)36-21-26;/h8-9,22,27H,2-7,10-21H2,1H3,(H,31,32,33);/q;+1/p-1/b9-8-;. The van der Waals surface area contributed by atoms with Crippen LogP contribution in [0, 0.1) is 5.41 Å². The van der Waals surface area contributed by atoms with Gasteiger partial charge in [0, 0.05) is 6.42 Å². The van der Waals surface area contributed by atoms with Crippen LogP contribution in [0.3, 0.4) is 0 Å². The van der Waals surface area contributed by atoms with E-state index in [4.69, 9.17) is 14.2 Å². The second-order valence-electron chi connectivity index (χ2n) is 9.75. The number of ether oxygens (including phenoxy) is 3. The third-order valence-corrected chi connectivity index (χ3v) is 7.35. The molecule has 2 unspecified atom stereocenters. The fourth-order valence-corrected chi connectivity index (χ4v) is 4.44. The molecule has 0 aliphatic carbocycles. The van der Waals surface area contributed by atoms with E-state index in [2.05, 4.69) is 19.1 Å². The molecule has 0 saturated carbocycles. The molecule has 38 heavy (non-hydrogen) atoms. The summed E-state index contributed by atoms with van der Waals surface area (Å²) in [5.74, 6) is -3.02. The van der Waals surface area contributed by atoms with Crippen LogP contribution >= 0.6 is 0 Å². The quantitative estimate of drug-likeness (QED) is 0.0601. The van der Waals surface area contributed by atoms with Crippen molar-refractivity contribution in [1.29, 1.82) is 0 Å². The van der Waals surface area contributed by atoms with Crippen LogP contribution in [-0.2, 0) is 38.7 Å². The Kier molecular flexibility index (Phi) is 21.2. The fourth-order valence-electron chi connectivity index (χ4n) is 3.80. The minimum absolute atomic E-state index is 0. The van der Waals surface area contributed by atoms with Crippen LogP contribution in [0.25, 0.3) is 0 Å². The molecule has 1 N–H and O–H groups in total.